The standard InChI is InChI=1S/C11H17N3O3S2/c1-2-3-10-13-14-11(18-10)12-9(15)6-8-4-5-19(16,17)7-8/h8H,2-7H2,1H3,(H,12,14,15)/t8-/m0/s1. The number of aryl methyl sites for hydroxylation is 1. The van der Waals surface area contributed by atoms with Crippen LogP contribution in [0.4, 0.5) is 5.13 Å². The number of nitrogens with one attached hydrogen (secondary N) is 1. The van der Waals surface area contributed by atoms with Gasteiger partial charge in [0.15, 0.2) is 9.84 Å². The largest absolute Gasteiger partial charge is 0.301 e. The van der Waals surface area contributed by atoms with Gasteiger partial charge in [0, 0.05) is 12.8 Å². The summed E-state index contributed by atoms with van der Waals surface area (Å²) in [6.07, 6.45) is 2.66. The van der Waals surface area contributed by atoms with Crippen LogP contribution >= 0.6 is 11.3 Å². The Morgan fingerprint density at radius 2 is 2.26 bits per heavy atom. The second-order valence-electron chi connectivity index (χ2n) is 4.77. The first-order valence-electron chi connectivity index (χ1n) is 6.31. The molecule has 1 N–H and O–H groups in total. The van der Waals surface area contributed by atoms with Gasteiger partial charge in [-0.25, -0.2) is 8.42 Å². The van der Waals surface area contributed by atoms with Crippen LogP contribution in [0.3, 0.4) is 0 Å². The number of hydrogen-bond acceptors (Lipinski definition) is 6. The van der Waals surface area contributed by atoms with Gasteiger partial charge in [-0.05, 0) is 18.8 Å². The van der Waals surface area contributed by atoms with Crippen molar-refractivity contribution in [3.8, 4) is 0 Å². The van der Waals surface area contributed by atoms with Gasteiger partial charge in [-0.3, -0.25) is 4.79 Å². The Hall–Kier alpha value is -1.02. The molecule has 0 bridgehead atoms. The van der Waals surface area contributed by atoms with Crippen LogP contribution in [0.5, 0.6) is 0 Å². The molecule has 1 atom stereocenters. The summed E-state index contributed by atoms with van der Waals surface area (Å²) in [5, 5.41) is 12.0. The summed E-state index contributed by atoms with van der Waals surface area (Å²) in [7, 11) is -2.92. The van der Waals surface area contributed by atoms with E-state index in [0.29, 0.717) is 11.6 Å². The van der Waals surface area contributed by atoms with E-state index in [-0.39, 0.29) is 29.8 Å². The molecule has 1 aromatic rings. The van der Waals surface area contributed by atoms with Crippen molar-refractivity contribution in [2.45, 2.75) is 32.6 Å². The molecule has 1 aromatic heterocycles. The Morgan fingerprint density at radius 3 is 2.89 bits per heavy atom. The fourth-order valence-corrected chi connectivity index (χ4v) is 4.80. The fraction of sp³-hybridized carbons (Fsp3) is 0.727. The number of hydrogen-bond donors (Lipinski definition) is 1. The quantitative estimate of drug-likeness (QED) is 0.884. The Kier molecular flexibility index (Phi) is 4.51. The van der Waals surface area contributed by atoms with E-state index in [0.717, 1.165) is 17.8 Å². The van der Waals surface area contributed by atoms with Gasteiger partial charge in [-0.15, -0.1) is 10.2 Å². The molecule has 0 unspecified atom stereocenters. The lowest BCUT2D eigenvalue weighted by atomic mass is 10.1. The van der Waals surface area contributed by atoms with Crippen molar-refractivity contribution in [3.05, 3.63) is 5.01 Å². The molecule has 6 nitrogen and oxygen atoms in total. The Balaban J connectivity index is 1.84. The molecule has 19 heavy (non-hydrogen) atoms. The van der Waals surface area contributed by atoms with E-state index in [1.807, 2.05) is 0 Å². The number of carbonyl (C=O) groups is 1. The molecule has 1 aliphatic rings. The monoisotopic (exact) mass is 303 g/mol. The molecule has 106 valence electrons. The van der Waals surface area contributed by atoms with E-state index in [1.165, 1.54) is 11.3 Å². The van der Waals surface area contributed by atoms with Gasteiger partial charge in [0.05, 0.1) is 11.5 Å². The SMILES string of the molecule is CCCc1nnc(NC(=O)C[C@@H]2CCS(=O)(=O)C2)s1. The lowest BCUT2D eigenvalue weighted by Crippen LogP contribution is -2.17. The third kappa shape index (κ3) is 4.24. The van der Waals surface area contributed by atoms with Crippen LogP contribution in [0.2, 0.25) is 0 Å². The molecule has 0 radical (unpaired) electrons. The smallest absolute Gasteiger partial charge is 0.226 e. The zero-order chi connectivity index (χ0) is 13.9. The highest BCUT2D eigenvalue weighted by molar-refractivity contribution is 7.91. The fourth-order valence-electron chi connectivity index (χ4n) is 2.08. The van der Waals surface area contributed by atoms with Gasteiger partial charge < -0.3 is 5.32 Å². The van der Waals surface area contributed by atoms with E-state index >= 15 is 0 Å². The molecule has 1 aliphatic heterocycles. The van der Waals surface area contributed by atoms with Crippen molar-refractivity contribution in [1.29, 1.82) is 0 Å². The Labute approximate surface area is 116 Å². The molecule has 2 rings (SSSR count). The van der Waals surface area contributed by atoms with Crippen molar-refractivity contribution < 1.29 is 13.2 Å². The zero-order valence-electron chi connectivity index (χ0n) is 10.8. The lowest BCUT2D eigenvalue weighted by Gasteiger charge is -2.05. The van der Waals surface area contributed by atoms with E-state index in [9.17, 15) is 13.2 Å². The van der Waals surface area contributed by atoms with E-state index in [4.69, 9.17) is 0 Å². The normalized spacial score (nSPS) is 21.4. The molecule has 0 saturated carbocycles. The van der Waals surface area contributed by atoms with Crippen molar-refractivity contribution >= 4 is 32.2 Å². The molecule has 1 fully saturated rings. The first kappa shape index (κ1) is 14.4. The maximum atomic E-state index is 11.8. The van der Waals surface area contributed by atoms with Gasteiger partial charge in [0.2, 0.25) is 11.0 Å². The molecule has 8 heteroatoms. The summed E-state index contributed by atoms with van der Waals surface area (Å²) in [6.45, 7) is 2.06. The first-order valence-corrected chi connectivity index (χ1v) is 8.95. The van der Waals surface area contributed by atoms with Crippen LogP contribution in [-0.4, -0.2) is 36.0 Å². The molecule has 2 heterocycles. The van der Waals surface area contributed by atoms with Crippen LogP contribution in [0.25, 0.3) is 0 Å². The van der Waals surface area contributed by atoms with E-state index < -0.39 is 9.84 Å². The summed E-state index contributed by atoms with van der Waals surface area (Å²) < 4.78 is 22.6. The molecular formula is C11H17N3O3S2. The lowest BCUT2D eigenvalue weighted by molar-refractivity contribution is -0.116. The van der Waals surface area contributed by atoms with Crippen molar-refractivity contribution in [2.24, 2.45) is 5.92 Å². The van der Waals surface area contributed by atoms with Crippen LogP contribution in [-0.2, 0) is 21.1 Å². The number of sulfone groups is 1. The molecule has 0 aliphatic carbocycles. The second-order valence-corrected chi connectivity index (χ2v) is 8.06. The number of amides is 1. The summed E-state index contributed by atoms with van der Waals surface area (Å²) >= 11 is 1.37. The van der Waals surface area contributed by atoms with Crippen molar-refractivity contribution in [1.82, 2.24) is 10.2 Å². The average Bonchev–Trinajstić information content (AvgIpc) is 2.86. The van der Waals surface area contributed by atoms with Crippen LogP contribution in [0.15, 0.2) is 0 Å². The third-order valence-electron chi connectivity index (χ3n) is 2.98. The van der Waals surface area contributed by atoms with Gasteiger partial charge in [0.1, 0.15) is 5.01 Å². The number of nitrogens with zero attached hydrogens (tertiary/aromatic N) is 2. The minimum absolute atomic E-state index is 0.0620. The Bertz CT molecular complexity index is 553. The van der Waals surface area contributed by atoms with Gasteiger partial charge in [-0.1, -0.05) is 18.3 Å². The summed E-state index contributed by atoms with van der Waals surface area (Å²) in [5.41, 5.74) is 0. The summed E-state index contributed by atoms with van der Waals surface area (Å²) in [5.74, 6) is 0.0801. The topological polar surface area (TPSA) is 89.0 Å². The number of rotatable bonds is 5. The maximum absolute atomic E-state index is 11.8. The Morgan fingerprint density at radius 1 is 1.47 bits per heavy atom. The first-order chi connectivity index (χ1) is 8.98. The summed E-state index contributed by atoms with van der Waals surface area (Å²) in [4.78, 5) is 11.8. The zero-order valence-corrected chi connectivity index (χ0v) is 12.4. The molecule has 1 saturated heterocycles. The van der Waals surface area contributed by atoms with Crippen molar-refractivity contribution in [2.75, 3.05) is 16.8 Å². The maximum Gasteiger partial charge on any atom is 0.226 e. The average molecular weight is 303 g/mol. The van der Waals surface area contributed by atoms with E-state index in [1.54, 1.807) is 0 Å². The molecule has 0 spiro atoms. The number of anilines is 1. The minimum Gasteiger partial charge on any atom is -0.301 e. The van der Waals surface area contributed by atoms with Crippen LogP contribution < -0.4 is 5.32 Å². The number of aromatic nitrogens is 2. The predicted octanol–water partition coefficient (Wildman–Crippen LogP) is 1.25. The third-order valence-corrected chi connectivity index (χ3v) is 5.71. The minimum atomic E-state index is -2.92. The van der Waals surface area contributed by atoms with Gasteiger partial charge in [0.25, 0.3) is 0 Å². The van der Waals surface area contributed by atoms with Crippen molar-refractivity contribution in [3.63, 3.8) is 0 Å². The van der Waals surface area contributed by atoms with Crippen LogP contribution in [0, 0.1) is 5.92 Å². The number of carbonyl (C=O) groups excluding carboxylic acids is 1. The highest BCUT2D eigenvalue weighted by atomic mass is 32.2. The molecular weight excluding hydrogens is 286 g/mol. The summed E-state index contributed by atoms with van der Waals surface area (Å²) in [6, 6.07) is 0. The van der Waals surface area contributed by atoms with Crippen LogP contribution in [0.1, 0.15) is 31.2 Å². The van der Waals surface area contributed by atoms with E-state index in [2.05, 4.69) is 22.4 Å². The predicted molar refractivity (Wildman–Crippen MR) is 73.9 cm³/mol. The highest BCUT2D eigenvalue weighted by Crippen LogP contribution is 2.23. The molecule has 0 aromatic carbocycles. The second kappa shape index (κ2) is 5.96. The van der Waals surface area contributed by atoms with Gasteiger partial charge in [-0.2, -0.15) is 0 Å². The molecule has 1 amide bonds. The van der Waals surface area contributed by atoms with Gasteiger partial charge >= 0.3 is 0 Å². The highest BCUT2D eigenvalue weighted by Gasteiger charge is 2.29.